The van der Waals surface area contributed by atoms with E-state index in [1.54, 1.807) is 5.38 Å². The lowest BCUT2D eigenvalue weighted by molar-refractivity contribution is 0.0824. The van der Waals surface area contributed by atoms with Crippen molar-refractivity contribution in [3.05, 3.63) is 52.0 Å². The molecule has 0 radical (unpaired) electrons. The maximum Gasteiger partial charge on any atom is 0.270 e. The molecule has 1 amide bonds. The number of hydrogen-bond acceptors (Lipinski definition) is 5. The normalized spacial score (nSPS) is 25.9. The second kappa shape index (κ2) is 7.23. The summed E-state index contributed by atoms with van der Waals surface area (Å²) < 4.78 is 0. The standard InChI is InChI=1S/C19H24N4OS/c20-10-18-22-17(12-25-18)19(24)21-14-8-15-6-7-16(9-14)23(15)11-13-4-2-1-3-5-13/h1-5,12,14-16H,6-11,20H2,(H,21,24). The second-order valence-corrected chi connectivity index (χ2v) is 7.96. The average molecular weight is 356 g/mol. The maximum absolute atomic E-state index is 12.4. The highest BCUT2D eigenvalue weighted by atomic mass is 32.1. The number of hydrogen-bond donors (Lipinski definition) is 2. The molecular weight excluding hydrogens is 332 g/mol. The lowest BCUT2D eigenvalue weighted by atomic mass is 9.96. The van der Waals surface area contributed by atoms with Crippen molar-refractivity contribution < 1.29 is 4.79 Å². The van der Waals surface area contributed by atoms with Gasteiger partial charge >= 0.3 is 0 Å². The molecule has 6 heteroatoms. The second-order valence-electron chi connectivity index (χ2n) is 7.02. The lowest BCUT2D eigenvalue weighted by Gasteiger charge is -2.39. The fraction of sp³-hybridized carbons (Fsp3) is 0.474. The van der Waals surface area contributed by atoms with E-state index in [1.807, 2.05) is 0 Å². The van der Waals surface area contributed by atoms with Crippen molar-refractivity contribution in [3.63, 3.8) is 0 Å². The molecule has 132 valence electrons. The van der Waals surface area contributed by atoms with Gasteiger partial charge in [-0.2, -0.15) is 0 Å². The van der Waals surface area contributed by atoms with Gasteiger partial charge in [0.2, 0.25) is 0 Å². The largest absolute Gasteiger partial charge is 0.348 e. The van der Waals surface area contributed by atoms with Gasteiger partial charge in [0.05, 0.1) is 0 Å². The van der Waals surface area contributed by atoms with E-state index in [1.165, 1.54) is 29.7 Å². The Bertz CT molecular complexity index is 718. The number of piperidine rings is 1. The van der Waals surface area contributed by atoms with E-state index in [0.29, 0.717) is 24.3 Å². The van der Waals surface area contributed by atoms with Crippen molar-refractivity contribution in [3.8, 4) is 0 Å². The molecule has 2 saturated heterocycles. The SMILES string of the molecule is NCc1nc(C(=O)NC2CC3CCC(C2)N3Cc2ccccc2)cs1. The summed E-state index contributed by atoms with van der Waals surface area (Å²) in [4.78, 5) is 19.3. The third-order valence-corrected chi connectivity index (χ3v) is 6.26. The summed E-state index contributed by atoms with van der Waals surface area (Å²) in [6.07, 6.45) is 4.53. The van der Waals surface area contributed by atoms with Crippen molar-refractivity contribution in [2.45, 2.75) is 56.9 Å². The van der Waals surface area contributed by atoms with Gasteiger partial charge in [0.25, 0.3) is 5.91 Å². The molecule has 1 aromatic carbocycles. The minimum Gasteiger partial charge on any atom is -0.348 e. The summed E-state index contributed by atoms with van der Waals surface area (Å²) in [5.41, 5.74) is 7.46. The van der Waals surface area contributed by atoms with E-state index in [4.69, 9.17) is 5.73 Å². The fourth-order valence-corrected chi connectivity index (χ4v) is 4.87. The highest BCUT2D eigenvalue weighted by Crippen LogP contribution is 2.36. The Hall–Kier alpha value is -1.76. The van der Waals surface area contributed by atoms with Crippen LogP contribution in [-0.2, 0) is 13.1 Å². The summed E-state index contributed by atoms with van der Waals surface area (Å²) in [6.45, 7) is 1.41. The zero-order valence-corrected chi connectivity index (χ0v) is 15.0. The van der Waals surface area contributed by atoms with Crippen LogP contribution in [0.25, 0.3) is 0 Å². The molecule has 2 aliphatic rings. The van der Waals surface area contributed by atoms with Gasteiger partial charge < -0.3 is 11.1 Å². The molecule has 3 heterocycles. The zero-order chi connectivity index (χ0) is 17.2. The molecule has 0 saturated carbocycles. The highest BCUT2D eigenvalue weighted by molar-refractivity contribution is 7.09. The van der Waals surface area contributed by atoms with Crippen LogP contribution in [0.5, 0.6) is 0 Å². The highest BCUT2D eigenvalue weighted by Gasteiger charge is 2.41. The van der Waals surface area contributed by atoms with Crippen LogP contribution in [0.4, 0.5) is 0 Å². The van der Waals surface area contributed by atoms with Crippen LogP contribution in [0.1, 0.15) is 46.7 Å². The van der Waals surface area contributed by atoms with E-state index in [-0.39, 0.29) is 11.9 Å². The molecule has 0 spiro atoms. The molecular formula is C19H24N4OS. The van der Waals surface area contributed by atoms with Gasteiger partial charge in [-0.3, -0.25) is 9.69 Å². The van der Waals surface area contributed by atoms with Gasteiger partial charge in [-0.15, -0.1) is 11.3 Å². The predicted octanol–water partition coefficient (Wildman–Crippen LogP) is 2.53. The molecule has 4 rings (SSSR count). The molecule has 2 fully saturated rings. The van der Waals surface area contributed by atoms with Crippen LogP contribution < -0.4 is 11.1 Å². The van der Waals surface area contributed by atoms with E-state index in [2.05, 4.69) is 45.5 Å². The van der Waals surface area contributed by atoms with Crippen LogP contribution in [0.2, 0.25) is 0 Å². The number of carbonyl (C=O) groups excluding carboxylic acids is 1. The Kier molecular flexibility index (Phi) is 4.83. The Labute approximate surface area is 152 Å². The number of nitrogens with one attached hydrogen (secondary N) is 1. The number of nitrogens with two attached hydrogens (primary N) is 1. The number of aromatic nitrogens is 1. The molecule has 25 heavy (non-hydrogen) atoms. The van der Waals surface area contributed by atoms with Gasteiger partial charge in [-0.1, -0.05) is 30.3 Å². The van der Waals surface area contributed by atoms with E-state index in [0.717, 1.165) is 24.4 Å². The van der Waals surface area contributed by atoms with Crippen LogP contribution in [0, 0.1) is 0 Å². The van der Waals surface area contributed by atoms with Gasteiger partial charge in [0.15, 0.2) is 0 Å². The monoisotopic (exact) mass is 356 g/mol. The smallest absolute Gasteiger partial charge is 0.270 e. The van der Waals surface area contributed by atoms with Crippen molar-refractivity contribution in [2.24, 2.45) is 5.73 Å². The van der Waals surface area contributed by atoms with Gasteiger partial charge in [-0.25, -0.2) is 4.98 Å². The third kappa shape index (κ3) is 3.61. The van der Waals surface area contributed by atoms with E-state index < -0.39 is 0 Å². The predicted molar refractivity (Wildman–Crippen MR) is 99.3 cm³/mol. The number of nitrogens with zero attached hydrogens (tertiary/aromatic N) is 2. The molecule has 2 aromatic rings. The Morgan fingerprint density at radius 1 is 1.24 bits per heavy atom. The molecule has 2 atom stereocenters. The first-order valence-electron chi connectivity index (χ1n) is 8.98. The van der Waals surface area contributed by atoms with Crippen molar-refractivity contribution in [1.82, 2.24) is 15.2 Å². The molecule has 3 N–H and O–H groups in total. The summed E-state index contributed by atoms with van der Waals surface area (Å²) in [6, 6.07) is 12.1. The molecule has 2 bridgehead atoms. The minimum atomic E-state index is -0.0585. The van der Waals surface area contributed by atoms with E-state index in [9.17, 15) is 4.79 Å². The third-order valence-electron chi connectivity index (χ3n) is 5.39. The molecule has 2 aliphatic heterocycles. The number of thiazole rings is 1. The van der Waals surface area contributed by atoms with Gasteiger partial charge in [0, 0.05) is 36.6 Å². The first-order chi connectivity index (χ1) is 12.2. The van der Waals surface area contributed by atoms with Crippen LogP contribution >= 0.6 is 11.3 Å². The number of amides is 1. The Balaban J connectivity index is 1.37. The molecule has 5 nitrogen and oxygen atoms in total. The maximum atomic E-state index is 12.4. The molecule has 1 aromatic heterocycles. The minimum absolute atomic E-state index is 0.0585. The van der Waals surface area contributed by atoms with Crippen LogP contribution in [0.3, 0.4) is 0 Å². The summed E-state index contributed by atoms with van der Waals surface area (Å²) in [7, 11) is 0. The van der Waals surface area contributed by atoms with Crippen molar-refractivity contribution >= 4 is 17.2 Å². The zero-order valence-electron chi connectivity index (χ0n) is 14.2. The lowest BCUT2D eigenvalue weighted by Crippen LogP contribution is -2.50. The van der Waals surface area contributed by atoms with Crippen LogP contribution in [0.15, 0.2) is 35.7 Å². The topological polar surface area (TPSA) is 71.2 Å². The van der Waals surface area contributed by atoms with Crippen molar-refractivity contribution in [2.75, 3.05) is 0 Å². The number of carbonyl (C=O) groups is 1. The quantitative estimate of drug-likeness (QED) is 0.864. The number of rotatable bonds is 5. The number of benzene rings is 1. The van der Waals surface area contributed by atoms with E-state index >= 15 is 0 Å². The first-order valence-corrected chi connectivity index (χ1v) is 9.86. The summed E-state index contributed by atoms with van der Waals surface area (Å²) in [5, 5.41) is 5.81. The first kappa shape index (κ1) is 16.7. The Morgan fingerprint density at radius 3 is 2.60 bits per heavy atom. The number of fused-ring (bicyclic) bond motifs is 2. The summed E-state index contributed by atoms with van der Waals surface area (Å²) >= 11 is 1.45. The van der Waals surface area contributed by atoms with Crippen LogP contribution in [-0.4, -0.2) is 33.9 Å². The molecule has 0 aliphatic carbocycles. The average Bonchev–Trinajstić information content (AvgIpc) is 3.19. The Morgan fingerprint density at radius 2 is 1.96 bits per heavy atom. The molecule has 2 unspecified atom stereocenters. The van der Waals surface area contributed by atoms with Crippen molar-refractivity contribution in [1.29, 1.82) is 0 Å². The van der Waals surface area contributed by atoms with Gasteiger partial charge in [-0.05, 0) is 31.2 Å². The fourth-order valence-electron chi connectivity index (χ4n) is 4.21. The summed E-state index contributed by atoms with van der Waals surface area (Å²) in [5.74, 6) is -0.0585. The van der Waals surface area contributed by atoms with Gasteiger partial charge in [0.1, 0.15) is 10.7 Å².